The Bertz CT molecular complexity index is 764. The van der Waals surface area contributed by atoms with Gasteiger partial charge in [0, 0.05) is 31.5 Å². The van der Waals surface area contributed by atoms with E-state index in [-0.39, 0.29) is 18.6 Å². The molecule has 1 fully saturated rings. The summed E-state index contributed by atoms with van der Waals surface area (Å²) in [5.41, 5.74) is 2.25. The lowest BCUT2D eigenvalue weighted by Crippen LogP contribution is -2.49. The molecule has 1 unspecified atom stereocenters. The molecule has 6 heteroatoms. The van der Waals surface area contributed by atoms with E-state index in [1.165, 1.54) is 5.56 Å². The number of carbonyl (C=O) groups is 1. The number of hydrogen-bond donors (Lipinski definition) is 1. The molecular formula is C21H28N4O2. The molecule has 2 heterocycles. The van der Waals surface area contributed by atoms with Gasteiger partial charge in [-0.15, -0.1) is 0 Å². The van der Waals surface area contributed by atoms with Crippen LogP contribution in [0.5, 0.6) is 5.75 Å². The van der Waals surface area contributed by atoms with Gasteiger partial charge in [-0.1, -0.05) is 26.0 Å². The molecule has 27 heavy (non-hydrogen) atoms. The van der Waals surface area contributed by atoms with Crippen LogP contribution in [-0.4, -0.2) is 41.6 Å². The number of ether oxygens (including phenoxy) is 1. The molecule has 0 bridgehead atoms. The van der Waals surface area contributed by atoms with Crippen molar-refractivity contribution >= 4 is 11.9 Å². The highest BCUT2D eigenvalue weighted by atomic mass is 16.5. The number of benzene rings is 1. The number of piperidine rings is 1. The number of anilines is 1. The first-order valence-electron chi connectivity index (χ1n) is 9.57. The van der Waals surface area contributed by atoms with Crippen molar-refractivity contribution in [2.75, 3.05) is 24.6 Å². The second-order valence-electron chi connectivity index (χ2n) is 7.37. The lowest BCUT2D eigenvalue weighted by molar-refractivity contribution is -0.123. The fraction of sp³-hybridized carbons (Fsp3) is 0.476. The van der Waals surface area contributed by atoms with Crippen LogP contribution < -0.4 is 15.0 Å². The van der Waals surface area contributed by atoms with E-state index in [4.69, 9.17) is 4.74 Å². The zero-order valence-electron chi connectivity index (χ0n) is 16.3. The average molecular weight is 368 g/mol. The van der Waals surface area contributed by atoms with Crippen molar-refractivity contribution in [1.29, 1.82) is 0 Å². The maximum atomic E-state index is 12.4. The van der Waals surface area contributed by atoms with Gasteiger partial charge in [-0.2, -0.15) is 0 Å². The number of aryl methyl sites for hydroxylation is 1. The molecule has 0 radical (unpaired) electrons. The van der Waals surface area contributed by atoms with E-state index in [1.807, 2.05) is 19.1 Å². The summed E-state index contributed by atoms with van der Waals surface area (Å²) in [6, 6.07) is 8.07. The molecule has 0 aliphatic carbocycles. The SMILES string of the molecule is Cc1ccc(C(C)C)cc1OCC(=O)NC1CCCN(c2ncccn2)C1. The van der Waals surface area contributed by atoms with Gasteiger partial charge in [-0.25, -0.2) is 9.97 Å². The predicted octanol–water partition coefficient (Wildman–Crippen LogP) is 3.07. The second kappa shape index (κ2) is 8.84. The lowest BCUT2D eigenvalue weighted by atomic mass is 10.0. The van der Waals surface area contributed by atoms with E-state index < -0.39 is 0 Å². The molecule has 1 aromatic heterocycles. The Morgan fingerprint density at radius 2 is 2.11 bits per heavy atom. The van der Waals surface area contributed by atoms with Gasteiger partial charge in [0.05, 0.1) is 0 Å². The molecule has 144 valence electrons. The molecule has 0 spiro atoms. The van der Waals surface area contributed by atoms with Crippen molar-refractivity contribution in [3.05, 3.63) is 47.8 Å². The summed E-state index contributed by atoms with van der Waals surface area (Å²) in [7, 11) is 0. The molecule has 0 saturated carbocycles. The minimum atomic E-state index is -0.0924. The van der Waals surface area contributed by atoms with E-state index in [9.17, 15) is 4.79 Å². The number of rotatable bonds is 6. The zero-order chi connectivity index (χ0) is 19.2. The van der Waals surface area contributed by atoms with Crippen LogP contribution in [0.3, 0.4) is 0 Å². The van der Waals surface area contributed by atoms with Gasteiger partial charge in [0.1, 0.15) is 5.75 Å². The van der Waals surface area contributed by atoms with Gasteiger partial charge in [0.15, 0.2) is 6.61 Å². The molecule has 1 aliphatic rings. The Hall–Kier alpha value is -2.63. The first kappa shape index (κ1) is 19.1. The topological polar surface area (TPSA) is 67.3 Å². The third kappa shape index (κ3) is 5.18. The highest BCUT2D eigenvalue weighted by Crippen LogP contribution is 2.24. The molecule has 1 saturated heterocycles. The molecule has 6 nitrogen and oxygen atoms in total. The van der Waals surface area contributed by atoms with Crippen LogP contribution in [0.15, 0.2) is 36.7 Å². The Kier molecular flexibility index (Phi) is 6.27. The molecule has 1 atom stereocenters. The van der Waals surface area contributed by atoms with Gasteiger partial charge in [0.2, 0.25) is 5.95 Å². The fourth-order valence-corrected chi connectivity index (χ4v) is 3.28. The molecule has 3 rings (SSSR count). The maximum Gasteiger partial charge on any atom is 0.258 e. The highest BCUT2D eigenvalue weighted by Gasteiger charge is 2.23. The largest absolute Gasteiger partial charge is 0.483 e. The lowest BCUT2D eigenvalue weighted by Gasteiger charge is -2.33. The Balaban J connectivity index is 1.53. The number of amides is 1. The third-order valence-electron chi connectivity index (χ3n) is 4.86. The van der Waals surface area contributed by atoms with Crippen molar-refractivity contribution in [2.45, 2.75) is 45.6 Å². The van der Waals surface area contributed by atoms with Gasteiger partial charge >= 0.3 is 0 Å². The van der Waals surface area contributed by atoms with Crippen molar-refractivity contribution in [3.8, 4) is 5.75 Å². The van der Waals surface area contributed by atoms with E-state index >= 15 is 0 Å². The molecule has 2 aromatic rings. The van der Waals surface area contributed by atoms with Gasteiger partial charge in [-0.3, -0.25) is 4.79 Å². The minimum absolute atomic E-state index is 0.0285. The predicted molar refractivity (Wildman–Crippen MR) is 106 cm³/mol. The molecule has 1 N–H and O–H groups in total. The number of aromatic nitrogens is 2. The number of nitrogens with zero attached hydrogens (tertiary/aromatic N) is 3. The molecular weight excluding hydrogens is 340 g/mol. The Labute approximate surface area is 161 Å². The first-order valence-corrected chi connectivity index (χ1v) is 9.57. The van der Waals surface area contributed by atoms with E-state index in [2.05, 4.69) is 40.1 Å². The molecule has 1 aliphatic heterocycles. The number of hydrogen-bond acceptors (Lipinski definition) is 5. The van der Waals surface area contributed by atoms with Crippen LogP contribution in [0, 0.1) is 6.92 Å². The standard InChI is InChI=1S/C21H28N4O2/c1-15(2)17-8-7-16(3)19(12-17)27-14-20(26)24-18-6-4-11-25(13-18)21-22-9-5-10-23-21/h5,7-10,12,15,18H,4,6,11,13-14H2,1-3H3,(H,24,26). The second-order valence-corrected chi connectivity index (χ2v) is 7.37. The number of carbonyl (C=O) groups excluding carboxylic acids is 1. The van der Waals surface area contributed by atoms with Crippen LogP contribution in [0.2, 0.25) is 0 Å². The van der Waals surface area contributed by atoms with Crippen molar-refractivity contribution in [1.82, 2.24) is 15.3 Å². The van der Waals surface area contributed by atoms with Gasteiger partial charge in [-0.05, 0) is 48.9 Å². The summed E-state index contributed by atoms with van der Waals surface area (Å²) in [5, 5.41) is 3.08. The smallest absolute Gasteiger partial charge is 0.258 e. The molecule has 1 aromatic carbocycles. The van der Waals surface area contributed by atoms with Crippen LogP contribution in [0.4, 0.5) is 5.95 Å². The van der Waals surface area contributed by atoms with Gasteiger partial charge < -0.3 is 15.0 Å². The highest BCUT2D eigenvalue weighted by molar-refractivity contribution is 5.78. The summed E-state index contributed by atoms with van der Waals surface area (Å²) in [6.45, 7) is 7.95. The van der Waals surface area contributed by atoms with Crippen molar-refractivity contribution < 1.29 is 9.53 Å². The summed E-state index contributed by atoms with van der Waals surface area (Å²) < 4.78 is 5.79. The normalized spacial score (nSPS) is 17.0. The van der Waals surface area contributed by atoms with E-state index in [0.717, 1.165) is 37.2 Å². The average Bonchev–Trinajstić information content (AvgIpc) is 2.68. The summed E-state index contributed by atoms with van der Waals surface area (Å²) in [6.07, 6.45) is 5.44. The Morgan fingerprint density at radius 1 is 1.33 bits per heavy atom. The first-order chi connectivity index (χ1) is 13.0. The van der Waals surface area contributed by atoms with Crippen molar-refractivity contribution in [3.63, 3.8) is 0 Å². The minimum Gasteiger partial charge on any atom is -0.483 e. The summed E-state index contributed by atoms with van der Waals surface area (Å²) in [5.74, 6) is 1.83. The van der Waals surface area contributed by atoms with Crippen LogP contribution in [0.1, 0.15) is 43.7 Å². The van der Waals surface area contributed by atoms with Crippen LogP contribution in [-0.2, 0) is 4.79 Å². The quantitative estimate of drug-likeness (QED) is 0.849. The molecule has 1 amide bonds. The number of nitrogens with one attached hydrogen (secondary N) is 1. The Morgan fingerprint density at radius 3 is 2.85 bits per heavy atom. The van der Waals surface area contributed by atoms with Crippen molar-refractivity contribution in [2.24, 2.45) is 0 Å². The fourth-order valence-electron chi connectivity index (χ4n) is 3.28. The zero-order valence-corrected chi connectivity index (χ0v) is 16.3. The van der Waals surface area contributed by atoms with Gasteiger partial charge in [0.25, 0.3) is 5.91 Å². The third-order valence-corrected chi connectivity index (χ3v) is 4.86. The van der Waals surface area contributed by atoms with Crippen LogP contribution in [0.25, 0.3) is 0 Å². The summed E-state index contributed by atoms with van der Waals surface area (Å²) in [4.78, 5) is 23.1. The maximum absolute atomic E-state index is 12.4. The van der Waals surface area contributed by atoms with E-state index in [0.29, 0.717) is 11.9 Å². The summed E-state index contributed by atoms with van der Waals surface area (Å²) >= 11 is 0. The van der Waals surface area contributed by atoms with E-state index in [1.54, 1.807) is 18.5 Å². The monoisotopic (exact) mass is 368 g/mol. The van der Waals surface area contributed by atoms with Crippen LogP contribution >= 0.6 is 0 Å².